The molecule has 4 N–H and O–H groups in total. The zero-order valence-electron chi connectivity index (χ0n) is 10.9. The quantitative estimate of drug-likeness (QED) is 0.597. The fraction of sp³-hybridized carbons (Fsp3) is 0.143. The molecule has 0 aliphatic carbocycles. The summed E-state index contributed by atoms with van der Waals surface area (Å²) >= 11 is 6.10. The third-order valence-corrected chi connectivity index (χ3v) is 3.23. The summed E-state index contributed by atoms with van der Waals surface area (Å²) in [4.78, 5) is 16.1. The molecule has 0 aliphatic rings. The molecule has 1 heterocycles. The molecule has 5 nitrogen and oxygen atoms in total. The topological polar surface area (TPSA) is 80.0 Å². The van der Waals surface area contributed by atoms with Gasteiger partial charge < -0.3 is 10.7 Å². The summed E-state index contributed by atoms with van der Waals surface area (Å²) in [5.74, 6) is 4.98. The second-order valence-electron chi connectivity index (χ2n) is 4.29. The van der Waals surface area contributed by atoms with Gasteiger partial charge in [-0.15, -0.1) is 0 Å². The molecule has 0 saturated heterocycles. The molecule has 1 unspecified atom stereocenters. The minimum atomic E-state index is -0.263. The number of nitrogens with two attached hydrogens (primary N) is 1. The number of benzene rings is 1. The van der Waals surface area contributed by atoms with Crippen LogP contribution in [0.25, 0.3) is 0 Å². The van der Waals surface area contributed by atoms with Crippen LogP contribution in [-0.4, -0.2) is 10.9 Å². The largest absolute Gasteiger partial charge is 0.344 e. The number of hydrogen-bond acceptors (Lipinski definition) is 4. The zero-order valence-corrected chi connectivity index (χ0v) is 11.7. The first-order valence-electron chi connectivity index (χ1n) is 6.09. The molecule has 2 aromatic rings. The van der Waals surface area contributed by atoms with Gasteiger partial charge in [0.1, 0.15) is 5.69 Å². The molecule has 6 heteroatoms. The smallest absolute Gasteiger partial charge is 0.270 e. The Labute approximate surface area is 122 Å². The number of pyridine rings is 1. The van der Waals surface area contributed by atoms with E-state index in [4.69, 9.17) is 17.4 Å². The number of carbonyl (C=O) groups excluding carboxylic acids is 1. The lowest BCUT2D eigenvalue weighted by Crippen LogP contribution is -2.27. The van der Waals surface area contributed by atoms with Gasteiger partial charge >= 0.3 is 0 Å². The van der Waals surface area contributed by atoms with Crippen molar-refractivity contribution in [2.45, 2.75) is 13.0 Å². The number of carbonyl (C=O) groups is 1. The van der Waals surface area contributed by atoms with Crippen LogP contribution < -0.4 is 16.6 Å². The second-order valence-corrected chi connectivity index (χ2v) is 4.70. The van der Waals surface area contributed by atoms with Gasteiger partial charge in [0.15, 0.2) is 0 Å². The fourth-order valence-electron chi connectivity index (χ4n) is 1.79. The van der Waals surface area contributed by atoms with Crippen molar-refractivity contribution in [2.75, 3.05) is 5.43 Å². The van der Waals surface area contributed by atoms with Crippen LogP contribution in [0.2, 0.25) is 5.02 Å². The van der Waals surface area contributed by atoms with E-state index >= 15 is 0 Å². The van der Waals surface area contributed by atoms with E-state index in [-0.39, 0.29) is 11.9 Å². The molecule has 0 aliphatic heterocycles. The molecule has 20 heavy (non-hydrogen) atoms. The van der Waals surface area contributed by atoms with E-state index in [1.54, 1.807) is 18.2 Å². The highest BCUT2D eigenvalue weighted by Crippen LogP contribution is 2.22. The van der Waals surface area contributed by atoms with Crippen LogP contribution in [0.15, 0.2) is 42.6 Å². The number of rotatable bonds is 4. The number of anilines is 1. The molecule has 1 atom stereocenters. The Balaban J connectivity index is 2.09. The third kappa shape index (κ3) is 3.26. The molecule has 1 aromatic carbocycles. The van der Waals surface area contributed by atoms with Crippen LogP contribution in [0.3, 0.4) is 0 Å². The Morgan fingerprint density at radius 1 is 1.30 bits per heavy atom. The lowest BCUT2D eigenvalue weighted by molar-refractivity contribution is 0.0935. The minimum absolute atomic E-state index is 0.203. The van der Waals surface area contributed by atoms with Crippen molar-refractivity contribution in [3.8, 4) is 0 Å². The van der Waals surface area contributed by atoms with Gasteiger partial charge in [-0.3, -0.25) is 10.6 Å². The van der Waals surface area contributed by atoms with Crippen LogP contribution in [-0.2, 0) is 0 Å². The molecule has 0 bridgehead atoms. The Hall–Kier alpha value is -2.11. The summed E-state index contributed by atoms with van der Waals surface area (Å²) in [6.45, 7) is 1.87. The summed E-state index contributed by atoms with van der Waals surface area (Å²) in [6.07, 6.45) is 1.50. The van der Waals surface area contributed by atoms with E-state index in [0.29, 0.717) is 16.4 Å². The number of nitrogen functional groups attached to an aromatic ring is 1. The first-order valence-corrected chi connectivity index (χ1v) is 6.47. The van der Waals surface area contributed by atoms with Crippen LogP contribution in [0.4, 0.5) is 5.69 Å². The molecular weight excluding hydrogens is 276 g/mol. The summed E-state index contributed by atoms with van der Waals surface area (Å²) in [7, 11) is 0. The SMILES string of the molecule is CC(NC(=O)c1ccc(NN)cn1)c1ccccc1Cl. The molecule has 2 rings (SSSR count). The van der Waals surface area contributed by atoms with Crippen LogP contribution in [0.1, 0.15) is 29.0 Å². The Bertz CT molecular complexity index is 600. The Morgan fingerprint density at radius 3 is 2.65 bits per heavy atom. The predicted molar refractivity (Wildman–Crippen MR) is 79.4 cm³/mol. The van der Waals surface area contributed by atoms with Crippen molar-refractivity contribution >= 4 is 23.2 Å². The maximum absolute atomic E-state index is 12.1. The summed E-state index contributed by atoms with van der Waals surface area (Å²) in [5, 5.41) is 3.47. The van der Waals surface area contributed by atoms with Crippen LogP contribution >= 0.6 is 11.6 Å². The summed E-state index contributed by atoms with van der Waals surface area (Å²) < 4.78 is 0. The van der Waals surface area contributed by atoms with Crippen molar-refractivity contribution < 1.29 is 4.79 Å². The van der Waals surface area contributed by atoms with E-state index < -0.39 is 0 Å². The number of nitrogens with one attached hydrogen (secondary N) is 2. The van der Waals surface area contributed by atoms with E-state index in [0.717, 1.165) is 5.56 Å². The van der Waals surface area contributed by atoms with Crippen LogP contribution in [0.5, 0.6) is 0 Å². The summed E-state index contributed by atoms with van der Waals surface area (Å²) in [6, 6.07) is 10.5. The van der Waals surface area contributed by atoms with Crippen molar-refractivity contribution in [1.82, 2.24) is 10.3 Å². The molecule has 1 aromatic heterocycles. The Morgan fingerprint density at radius 2 is 2.05 bits per heavy atom. The highest BCUT2D eigenvalue weighted by Gasteiger charge is 2.14. The van der Waals surface area contributed by atoms with Crippen molar-refractivity contribution in [3.05, 3.63) is 58.9 Å². The van der Waals surface area contributed by atoms with E-state index in [1.165, 1.54) is 6.20 Å². The van der Waals surface area contributed by atoms with Gasteiger partial charge in [-0.2, -0.15) is 0 Å². The average molecular weight is 291 g/mol. The second kappa shape index (κ2) is 6.36. The standard InChI is InChI=1S/C14H15ClN4O/c1-9(11-4-2-3-5-12(11)15)18-14(20)13-7-6-10(19-16)8-17-13/h2-9,19H,16H2,1H3,(H,18,20). The fourth-order valence-corrected chi connectivity index (χ4v) is 2.09. The highest BCUT2D eigenvalue weighted by atomic mass is 35.5. The van der Waals surface area contributed by atoms with Gasteiger partial charge in [0.05, 0.1) is 17.9 Å². The van der Waals surface area contributed by atoms with Gasteiger partial charge in [-0.25, -0.2) is 4.98 Å². The lowest BCUT2D eigenvalue weighted by Gasteiger charge is -2.15. The first kappa shape index (κ1) is 14.3. The number of halogens is 1. The van der Waals surface area contributed by atoms with Crippen molar-refractivity contribution in [1.29, 1.82) is 0 Å². The summed E-state index contributed by atoms with van der Waals surface area (Å²) in [5.41, 5.74) is 4.28. The molecule has 1 amide bonds. The molecule has 0 spiro atoms. The number of aromatic nitrogens is 1. The van der Waals surface area contributed by atoms with Crippen molar-refractivity contribution in [3.63, 3.8) is 0 Å². The van der Waals surface area contributed by atoms with E-state index in [2.05, 4.69) is 15.7 Å². The van der Waals surface area contributed by atoms with Gasteiger partial charge in [-0.05, 0) is 30.7 Å². The Kier molecular flexibility index (Phi) is 4.55. The molecular formula is C14H15ClN4O. The number of hydrazine groups is 1. The van der Waals surface area contributed by atoms with Gasteiger partial charge in [-0.1, -0.05) is 29.8 Å². The van der Waals surface area contributed by atoms with Crippen LogP contribution in [0, 0.1) is 0 Å². The van der Waals surface area contributed by atoms with E-state index in [1.807, 2.05) is 25.1 Å². The van der Waals surface area contributed by atoms with Gasteiger partial charge in [0.25, 0.3) is 5.91 Å². The lowest BCUT2D eigenvalue weighted by atomic mass is 10.1. The molecule has 0 radical (unpaired) electrons. The van der Waals surface area contributed by atoms with Crippen molar-refractivity contribution in [2.24, 2.45) is 5.84 Å². The normalized spacial score (nSPS) is 11.8. The maximum Gasteiger partial charge on any atom is 0.270 e. The first-order chi connectivity index (χ1) is 9.61. The van der Waals surface area contributed by atoms with Gasteiger partial charge in [0, 0.05) is 5.02 Å². The number of amides is 1. The number of nitrogens with zero attached hydrogens (tertiary/aromatic N) is 1. The molecule has 0 saturated carbocycles. The zero-order chi connectivity index (χ0) is 14.5. The predicted octanol–water partition coefficient (Wildman–Crippen LogP) is 2.51. The van der Waals surface area contributed by atoms with E-state index in [9.17, 15) is 4.79 Å². The monoisotopic (exact) mass is 290 g/mol. The number of hydrogen-bond donors (Lipinski definition) is 3. The highest BCUT2D eigenvalue weighted by molar-refractivity contribution is 6.31. The average Bonchev–Trinajstić information content (AvgIpc) is 2.47. The minimum Gasteiger partial charge on any atom is -0.344 e. The molecule has 0 fully saturated rings. The molecule has 104 valence electrons. The van der Waals surface area contributed by atoms with Gasteiger partial charge in [0.2, 0.25) is 0 Å². The maximum atomic E-state index is 12.1. The third-order valence-electron chi connectivity index (χ3n) is 2.88.